The molecule has 0 N–H and O–H groups in total. The molecule has 0 bridgehead atoms. The molecule has 16 aromatic rings. The van der Waals surface area contributed by atoms with Crippen molar-refractivity contribution in [3.8, 4) is 89.0 Å². The summed E-state index contributed by atoms with van der Waals surface area (Å²) in [6, 6.07) is 142. The summed E-state index contributed by atoms with van der Waals surface area (Å²) in [7, 11) is 0. The molecule has 500 valence electrons. The lowest BCUT2D eigenvalue weighted by molar-refractivity contribution is 0.660. The van der Waals surface area contributed by atoms with Crippen molar-refractivity contribution in [3.05, 3.63) is 443 Å². The zero-order chi connectivity index (χ0) is 70.6. The minimum atomic E-state index is -0.560. The van der Waals surface area contributed by atoms with E-state index < -0.39 is 10.8 Å². The second-order valence-electron chi connectivity index (χ2n) is 30.6. The Labute approximate surface area is 621 Å². The molecule has 0 aromatic heterocycles. The Hall–Kier alpha value is -12.9. The number of anilines is 6. The quantitative estimate of drug-likeness (QED) is 0.127. The molecule has 0 unspecified atom stereocenters. The highest BCUT2D eigenvalue weighted by Gasteiger charge is 2.52. The lowest BCUT2D eigenvalue weighted by Crippen LogP contribution is -2.28. The van der Waals surface area contributed by atoms with Crippen LogP contribution in [0.5, 0.6) is 0 Å². The first-order chi connectivity index (χ1) is 52.1. The van der Waals surface area contributed by atoms with Crippen LogP contribution in [-0.4, -0.2) is 0 Å². The number of hydrogen-bond acceptors (Lipinski definition) is 2. The molecule has 0 saturated heterocycles. The standard InChI is InChI=1S/C104H74N2/c1-101(2)91-44-19-14-39-81(91)86-54-50-77(63-97(86)101)106(79-51-55-87-84-42-15-20-45-93(84)103(99(87)65-79,73-33-10-6-11-34-73)74-35-12-7-13-36-74)76-38-26-32-71(61-76)68-29-24-30-69(59-68)72-49-58-92-90(62-72)89-57-53-78(64-98(89)102(92,3)4)105(75-37-25-31-70(60-75)67-27-8-5-9-28-67)80-52-56-88-85-43-18-23-48-96(85)104(100(88)66-80)94-46-21-16-40-82(94)83-41-17-22-47-95(83)104/h5-66H,1-4H3. The Morgan fingerprint density at radius 3 is 0.896 bits per heavy atom. The van der Waals surface area contributed by atoms with Gasteiger partial charge in [-0.3, -0.25) is 0 Å². The van der Waals surface area contributed by atoms with Crippen LogP contribution in [0.1, 0.15) is 94.5 Å². The van der Waals surface area contributed by atoms with E-state index in [-0.39, 0.29) is 10.8 Å². The van der Waals surface area contributed by atoms with Gasteiger partial charge in [-0.05, 0) is 241 Å². The van der Waals surface area contributed by atoms with Gasteiger partial charge in [-0.1, -0.05) is 319 Å². The Morgan fingerprint density at radius 2 is 0.443 bits per heavy atom. The van der Waals surface area contributed by atoms with E-state index in [2.05, 4.69) is 414 Å². The van der Waals surface area contributed by atoms with Gasteiger partial charge < -0.3 is 9.80 Å². The maximum absolute atomic E-state index is 2.52. The SMILES string of the molecule is CC1(C)c2ccccc2-c2ccc(N(c3cccc(-c4cccc(-c5ccc6c(c5)-c5ccc(N(c7cccc(-c8ccccc8)c7)c7ccc8c(c7)C7(c9ccccc9-c9ccccc97)c7ccccc7-8)cc5C6(C)C)c4)c3)c3ccc4c(c3)C(c3ccccc3)(c3ccccc3)c3ccccc3-4)cc21. The van der Waals surface area contributed by atoms with Crippen LogP contribution in [0.3, 0.4) is 0 Å². The fourth-order valence-electron chi connectivity index (χ4n) is 19.7. The summed E-state index contributed by atoms with van der Waals surface area (Å²) in [5.41, 5.74) is 40.8. The van der Waals surface area contributed by atoms with Crippen LogP contribution in [0.4, 0.5) is 34.1 Å². The highest BCUT2D eigenvalue weighted by atomic mass is 15.1. The average molecular weight is 1350 g/mol. The third kappa shape index (κ3) is 8.85. The molecule has 2 heteroatoms. The normalized spacial score (nSPS) is 14.5. The minimum absolute atomic E-state index is 0.194. The van der Waals surface area contributed by atoms with Gasteiger partial charge in [0, 0.05) is 45.0 Å². The second kappa shape index (κ2) is 23.3. The fourth-order valence-corrected chi connectivity index (χ4v) is 19.7. The van der Waals surface area contributed by atoms with Crippen molar-refractivity contribution >= 4 is 34.1 Å². The Bertz CT molecular complexity index is 6190. The van der Waals surface area contributed by atoms with Gasteiger partial charge in [-0.25, -0.2) is 0 Å². The lowest BCUT2D eigenvalue weighted by atomic mass is 9.67. The molecular formula is C104H74N2. The van der Waals surface area contributed by atoms with Crippen LogP contribution in [0, 0.1) is 0 Å². The van der Waals surface area contributed by atoms with Crippen LogP contribution in [0.15, 0.2) is 376 Å². The summed E-state index contributed by atoms with van der Waals surface area (Å²) >= 11 is 0. The average Bonchev–Trinajstić information content (AvgIpc) is 1.49. The molecule has 16 aromatic carbocycles. The predicted octanol–water partition coefficient (Wildman–Crippen LogP) is 26.9. The van der Waals surface area contributed by atoms with Crippen LogP contribution < -0.4 is 9.80 Å². The summed E-state index contributed by atoms with van der Waals surface area (Å²) < 4.78 is 0. The van der Waals surface area contributed by atoms with Crippen LogP contribution >= 0.6 is 0 Å². The molecule has 0 aliphatic heterocycles. The van der Waals surface area contributed by atoms with E-state index in [4.69, 9.17) is 0 Å². The summed E-state index contributed by atoms with van der Waals surface area (Å²) in [4.78, 5) is 5.02. The molecule has 0 atom stereocenters. The van der Waals surface area contributed by atoms with Crippen LogP contribution in [-0.2, 0) is 21.7 Å². The van der Waals surface area contributed by atoms with E-state index in [1.54, 1.807) is 0 Å². The molecule has 0 amide bonds. The van der Waals surface area contributed by atoms with Crippen molar-refractivity contribution in [2.75, 3.05) is 9.80 Å². The molecule has 106 heavy (non-hydrogen) atoms. The first kappa shape index (κ1) is 61.8. The van der Waals surface area contributed by atoms with Gasteiger partial charge in [-0.15, -0.1) is 0 Å². The highest BCUT2D eigenvalue weighted by Crippen LogP contribution is 2.65. The van der Waals surface area contributed by atoms with Crippen molar-refractivity contribution in [3.63, 3.8) is 0 Å². The molecule has 0 radical (unpaired) electrons. The second-order valence-corrected chi connectivity index (χ2v) is 30.6. The monoisotopic (exact) mass is 1350 g/mol. The largest absolute Gasteiger partial charge is 0.310 e. The van der Waals surface area contributed by atoms with E-state index in [0.717, 1.165) is 45.3 Å². The van der Waals surface area contributed by atoms with Gasteiger partial charge >= 0.3 is 0 Å². The molecule has 0 heterocycles. The molecule has 0 saturated carbocycles. The Balaban J connectivity index is 0.673. The van der Waals surface area contributed by atoms with E-state index in [9.17, 15) is 0 Å². The molecule has 5 aliphatic rings. The molecule has 1 spiro atoms. The third-order valence-corrected chi connectivity index (χ3v) is 24.5. The maximum Gasteiger partial charge on any atom is 0.0726 e. The minimum Gasteiger partial charge on any atom is -0.310 e. The van der Waals surface area contributed by atoms with Crippen molar-refractivity contribution in [1.82, 2.24) is 0 Å². The van der Waals surface area contributed by atoms with Gasteiger partial charge in [0.05, 0.1) is 10.8 Å². The number of nitrogens with zero attached hydrogens (tertiary/aromatic N) is 2. The zero-order valence-electron chi connectivity index (χ0n) is 59.7. The first-order valence-electron chi connectivity index (χ1n) is 37.4. The maximum atomic E-state index is 2.52. The van der Waals surface area contributed by atoms with Crippen molar-refractivity contribution in [2.45, 2.75) is 49.4 Å². The molecular weight excluding hydrogens is 1280 g/mol. The van der Waals surface area contributed by atoms with E-state index in [0.29, 0.717) is 0 Å². The Morgan fingerprint density at radius 1 is 0.160 bits per heavy atom. The molecule has 0 fully saturated rings. The van der Waals surface area contributed by atoms with Gasteiger partial charge in [0.25, 0.3) is 0 Å². The predicted molar refractivity (Wildman–Crippen MR) is 441 cm³/mol. The fraction of sp³-hybridized carbons (Fsp3) is 0.0769. The summed E-state index contributed by atoms with van der Waals surface area (Å²) in [5.74, 6) is 0. The first-order valence-corrected chi connectivity index (χ1v) is 37.4. The van der Waals surface area contributed by atoms with Crippen molar-refractivity contribution in [2.24, 2.45) is 0 Å². The summed E-state index contributed by atoms with van der Waals surface area (Å²) in [6.07, 6.45) is 0. The van der Waals surface area contributed by atoms with Gasteiger partial charge in [0.1, 0.15) is 0 Å². The van der Waals surface area contributed by atoms with Crippen LogP contribution in [0.25, 0.3) is 89.0 Å². The number of benzene rings is 16. The topological polar surface area (TPSA) is 6.48 Å². The summed E-state index contributed by atoms with van der Waals surface area (Å²) in [5, 5.41) is 0. The zero-order valence-corrected chi connectivity index (χ0v) is 59.7. The highest BCUT2D eigenvalue weighted by molar-refractivity contribution is 5.98. The number of fused-ring (bicyclic) bond motifs is 19. The Kier molecular flexibility index (Phi) is 13.6. The number of hydrogen-bond donors (Lipinski definition) is 0. The van der Waals surface area contributed by atoms with Gasteiger partial charge in [-0.2, -0.15) is 0 Å². The van der Waals surface area contributed by atoms with Gasteiger partial charge in [0.15, 0.2) is 0 Å². The molecule has 21 rings (SSSR count). The molecule has 2 nitrogen and oxygen atoms in total. The van der Waals surface area contributed by atoms with Crippen molar-refractivity contribution in [1.29, 1.82) is 0 Å². The molecule has 5 aliphatic carbocycles. The van der Waals surface area contributed by atoms with Crippen molar-refractivity contribution < 1.29 is 0 Å². The lowest BCUT2D eigenvalue weighted by Gasteiger charge is -2.35. The third-order valence-electron chi connectivity index (χ3n) is 24.5. The van der Waals surface area contributed by atoms with E-state index >= 15 is 0 Å². The van der Waals surface area contributed by atoms with Crippen LogP contribution in [0.2, 0.25) is 0 Å². The van der Waals surface area contributed by atoms with E-state index in [1.807, 2.05) is 0 Å². The smallest absolute Gasteiger partial charge is 0.0726 e. The number of rotatable bonds is 11. The van der Waals surface area contributed by atoms with Gasteiger partial charge in [0.2, 0.25) is 0 Å². The summed E-state index contributed by atoms with van der Waals surface area (Å²) in [6.45, 7) is 9.60. The van der Waals surface area contributed by atoms with E-state index in [1.165, 1.54) is 145 Å².